The minimum atomic E-state index is -0.343. The Hall–Kier alpha value is -0.570. The van der Waals surface area contributed by atoms with E-state index in [1.54, 1.807) is 6.92 Å². The number of nitrogens with zero attached hydrogens (tertiary/aromatic N) is 1. The summed E-state index contributed by atoms with van der Waals surface area (Å²) in [4.78, 5) is 13.8. The van der Waals surface area contributed by atoms with Crippen LogP contribution in [0.1, 0.15) is 46.5 Å². The fourth-order valence-corrected chi connectivity index (χ4v) is 2.21. The number of carbonyl (C=O) groups is 1. The minimum absolute atomic E-state index is 0.126. The first-order valence-electron chi connectivity index (χ1n) is 6.08. The molecule has 0 radical (unpaired) electrons. The van der Waals surface area contributed by atoms with Crippen LogP contribution < -0.4 is 5.73 Å². The van der Waals surface area contributed by atoms with Crippen molar-refractivity contribution >= 4 is 5.91 Å². The summed E-state index contributed by atoms with van der Waals surface area (Å²) in [6.45, 7) is 7.14. The van der Waals surface area contributed by atoms with Crippen molar-refractivity contribution in [3.8, 4) is 0 Å². The van der Waals surface area contributed by atoms with Crippen LogP contribution in [-0.4, -0.2) is 29.4 Å². The normalized spacial score (nSPS) is 23.5. The third-order valence-corrected chi connectivity index (χ3v) is 3.13. The van der Waals surface area contributed by atoms with Gasteiger partial charge in [0.05, 0.1) is 6.04 Å². The summed E-state index contributed by atoms with van der Waals surface area (Å²) < 4.78 is 0. The second-order valence-corrected chi connectivity index (χ2v) is 5.09. The molecule has 1 aliphatic heterocycles. The summed E-state index contributed by atoms with van der Waals surface area (Å²) in [5.74, 6) is 0.846. The Morgan fingerprint density at radius 1 is 1.47 bits per heavy atom. The molecule has 88 valence electrons. The van der Waals surface area contributed by atoms with E-state index in [4.69, 9.17) is 5.73 Å². The number of rotatable bonds is 4. The Labute approximate surface area is 93.0 Å². The van der Waals surface area contributed by atoms with Gasteiger partial charge in [-0.1, -0.05) is 13.8 Å². The topological polar surface area (TPSA) is 46.3 Å². The van der Waals surface area contributed by atoms with Crippen molar-refractivity contribution in [2.75, 3.05) is 6.54 Å². The lowest BCUT2D eigenvalue weighted by atomic mass is 10.0. The van der Waals surface area contributed by atoms with E-state index in [0.29, 0.717) is 6.04 Å². The fourth-order valence-electron chi connectivity index (χ4n) is 2.21. The highest BCUT2D eigenvalue weighted by molar-refractivity contribution is 5.81. The number of amides is 1. The number of carbonyl (C=O) groups excluding carboxylic acids is 1. The molecule has 0 bridgehead atoms. The number of likely N-dealkylation sites (tertiary alicyclic amines) is 1. The average Bonchev–Trinajstić information content (AvgIpc) is 2.60. The predicted octanol–water partition coefficient (Wildman–Crippen LogP) is 1.76. The van der Waals surface area contributed by atoms with Gasteiger partial charge in [-0.25, -0.2) is 0 Å². The molecule has 0 aromatic heterocycles. The van der Waals surface area contributed by atoms with Crippen LogP contribution in [0.5, 0.6) is 0 Å². The van der Waals surface area contributed by atoms with Crippen LogP contribution in [0.2, 0.25) is 0 Å². The predicted molar refractivity (Wildman–Crippen MR) is 62.5 cm³/mol. The molecule has 0 aliphatic carbocycles. The smallest absolute Gasteiger partial charge is 0.239 e. The molecule has 0 saturated carbocycles. The largest absolute Gasteiger partial charge is 0.338 e. The van der Waals surface area contributed by atoms with Gasteiger partial charge in [0.1, 0.15) is 0 Å². The summed E-state index contributed by atoms with van der Waals surface area (Å²) in [6, 6.07) is 0.107. The molecular weight excluding hydrogens is 188 g/mol. The molecule has 1 aliphatic rings. The van der Waals surface area contributed by atoms with Crippen LogP contribution in [0.25, 0.3) is 0 Å². The molecule has 1 rings (SSSR count). The first-order chi connectivity index (χ1) is 7.02. The van der Waals surface area contributed by atoms with Gasteiger partial charge in [0.25, 0.3) is 0 Å². The lowest BCUT2D eigenvalue weighted by Gasteiger charge is -2.26. The van der Waals surface area contributed by atoms with Gasteiger partial charge in [-0.05, 0) is 38.5 Å². The molecule has 0 spiro atoms. The van der Waals surface area contributed by atoms with Gasteiger partial charge in [-0.2, -0.15) is 0 Å². The number of nitrogens with two attached hydrogens (primary N) is 1. The second-order valence-electron chi connectivity index (χ2n) is 5.09. The molecule has 2 unspecified atom stereocenters. The third kappa shape index (κ3) is 3.49. The van der Waals surface area contributed by atoms with Crippen LogP contribution in [0.3, 0.4) is 0 Å². The van der Waals surface area contributed by atoms with Gasteiger partial charge in [0, 0.05) is 12.6 Å². The van der Waals surface area contributed by atoms with E-state index in [9.17, 15) is 4.79 Å². The minimum Gasteiger partial charge on any atom is -0.338 e. The standard InChI is InChI=1S/C12H24N2O/c1-9(2)6-7-11-5-4-8-14(11)12(15)10(3)13/h9-11H,4-8,13H2,1-3H3. The molecule has 0 aromatic carbocycles. The molecule has 15 heavy (non-hydrogen) atoms. The van der Waals surface area contributed by atoms with E-state index < -0.39 is 0 Å². The SMILES string of the molecule is CC(C)CCC1CCCN1C(=O)C(C)N. The third-order valence-electron chi connectivity index (χ3n) is 3.13. The molecule has 1 heterocycles. The monoisotopic (exact) mass is 212 g/mol. The quantitative estimate of drug-likeness (QED) is 0.772. The zero-order chi connectivity index (χ0) is 11.4. The highest BCUT2D eigenvalue weighted by Gasteiger charge is 2.29. The summed E-state index contributed by atoms with van der Waals surface area (Å²) >= 11 is 0. The van der Waals surface area contributed by atoms with Crippen LogP contribution >= 0.6 is 0 Å². The second kappa shape index (κ2) is 5.50. The van der Waals surface area contributed by atoms with Gasteiger partial charge in [-0.15, -0.1) is 0 Å². The number of hydrogen-bond donors (Lipinski definition) is 1. The van der Waals surface area contributed by atoms with E-state index in [2.05, 4.69) is 13.8 Å². The van der Waals surface area contributed by atoms with Gasteiger partial charge in [0.2, 0.25) is 5.91 Å². The van der Waals surface area contributed by atoms with Gasteiger partial charge < -0.3 is 10.6 Å². The van der Waals surface area contributed by atoms with Crippen LogP contribution in [-0.2, 0) is 4.79 Å². The Bertz CT molecular complexity index is 214. The van der Waals surface area contributed by atoms with E-state index >= 15 is 0 Å². The van der Waals surface area contributed by atoms with Gasteiger partial charge in [-0.3, -0.25) is 4.79 Å². The maximum atomic E-state index is 11.8. The van der Waals surface area contributed by atoms with E-state index in [1.165, 1.54) is 6.42 Å². The summed E-state index contributed by atoms with van der Waals surface area (Å²) in [5, 5.41) is 0. The summed E-state index contributed by atoms with van der Waals surface area (Å²) in [5.41, 5.74) is 5.64. The molecule has 0 aromatic rings. The maximum Gasteiger partial charge on any atom is 0.239 e. The Kier molecular flexibility index (Phi) is 4.58. The first-order valence-corrected chi connectivity index (χ1v) is 6.08. The Morgan fingerprint density at radius 2 is 2.13 bits per heavy atom. The summed E-state index contributed by atoms with van der Waals surface area (Å²) in [6.07, 6.45) is 4.63. The molecule has 2 N–H and O–H groups in total. The van der Waals surface area contributed by atoms with Crippen molar-refractivity contribution in [2.45, 2.75) is 58.5 Å². The van der Waals surface area contributed by atoms with Crippen molar-refractivity contribution in [1.82, 2.24) is 4.90 Å². The van der Waals surface area contributed by atoms with Gasteiger partial charge in [0.15, 0.2) is 0 Å². The molecule has 3 heteroatoms. The van der Waals surface area contributed by atoms with Crippen LogP contribution in [0.4, 0.5) is 0 Å². The van der Waals surface area contributed by atoms with Crippen molar-refractivity contribution in [3.05, 3.63) is 0 Å². The van der Waals surface area contributed by atoms with E-state index in [0.717, 1.165) is 31.7 Å². The van der Waals surface area contributed by atoms with Crippen LogP contribution in [0, 0.1) is 5.92 Å². The Morgan fingerprint density at radius 3 is 2.67 bits per heavy atom. The van der Waals surface area contributed by atoms with Crippen molar-refractivity contribution in [3.63, 3.8) is 0 Å². The van der Waals surface area contributed by atoms with Crippen molar-refractivity contribution < 1.29 is 4.79 Å². The molecule has 3 nitrogen and oxygen atoms in total. The molecule has 1 amide bonds. The average molecular weight is 212 g/mol. The van der Waals surface area contributed by atoms with Crippen molar-refractivity contribution in [2.24, 2.45) is 11.7 Å². The molecular formula is C12H24N2O. The molecule has 2 atom stereocenters. The zero-order valence-electron chi connectivity index (χ0n) is 10.2. The van der Waals surface area contributed by atoms with Crippen molar-refractivity contribution in [1.29, 1.82) is 0 Å². The lowest BCUT2D eigenvalue weighted by Crippen LogP contribution is -2.44. The highest BCUT2D eigenvalue weighted by atomic mass is 16.2. The fraction of sp³-hybridized carbons (Fsp3) is 0.917. The van der Waals surface area contributed by atoms with E-state index in [1.807, 2.05) is 4.90 Å². The van der Waals surface area contributed by atoms with E-state index in [-0.39, 0.29) is 11.9 Å². The maximum absolute atomic E-state index is 11.8. The molecule has 1 saturated heterocycles. The van der Waals surface area contributed by atoms with Crippen LogP contribution in [0.15, 0.2) is 0 Å². The number of hydrogen-bond acceptors (Lipinski definition) is 2. The highest BCUT2D eigenvalue weighted by Crippen LogP contribution is 2.23. The van der Waals surface area contributed by atoms with Gasteiger partial charge >= 0.3 is 0 Å². The first kappa shape index (κ1) is 12.5. The zero-order valence-corrected chi connectivity index (χ0v) is 10.2. The summed E-state index contributed by atoms with van der Waals surface area (Å²) in [7, 11) is 0. The molecule has 1 fully saturated rings. The Balaban J connectivity index is 2.46. The lowest BCUT2D eigenvalue weighted by molar-refractivity contribution is -0.133.